The molecule has 0 radical (unpaired) electrons. The van der Waals surface area contributed by atoms with Crippen molar-refractivity contribution in [1.29, 1.82) is 0 Å². The Morgan fingerprint density at radius 3 is 2.42 bits per heavy atom. The molecule has 3 rings (SSSR count). The normalized spacial score (nSPS) is 12.8. The van der Waals surface area contributed by atoms with E-state index in [1.54, 1.807) is 11.0 Å². The summed E-state index contributed by atoms with van der Waals surface area (Å²) in [5, 5.41) is 5.81. The maximum Gasteiger partial charge on any atom is 0.255 e. The molecular formula is C21H25N3O2. The summed E-state index contributed by atoms with van der Waals surface area (Å²) >= 11 is 0. The number of fused-ring (bicyclic) bond motifs is 1. The van der Waals surface area contributed by atoms with E-state index < -0.39 is 0 Å². The van der Waals surface area contributed by atoms with Gasteiger partial charge >= 0.3 is 0 Å². The Hall–Kier alpha value is -2.66. The summed E-state index contributed by atoms with van der Waals surface area (Å²) < 4.78 is 0. The van der Waals surface area contributed by atoms with E-state index in [9.17, 15) is 9.59 Å². The standard InChI is InChI=1S/C21H25N3O2/c1-14-10-11-19(18-9-5-8-17(14)18)21(26)23-16-7-4-6-15(12-16)22-20(25)13-24(2)3/h4,6-7,10-12H,5,8-9,13H2,1-3H3,(H,22,25)(H,23,26). The van der Waals surface area contributed by atoms with Crippen LogP contribution in [0.2, 0.25) is 0 Å². The van der Waals surface area contributed by atoms with Gasteiger partial charge in [0.15, 0.2) is 0 Å². The molecule has 0 aromatic heterocycles. The maximum atomic E-state index is 12.8. The molecule has 136 valence electrons. The number of carbonyl (C=O) groups excluding carboxylic acids is 2. The Morgan fingerprint density at radius 1 is 1.00 bits per heavy atom. The molecule has 5 heteroatoms. The number of benzene rings is 2. The molecule has 0 unspecified atom stereocenters. The fraction of sp³-hybridized carbons (Fsp3) is 0.333. The molecule has 5 nitrogen and oxygen atoms in total. The number of nitrogens with zero attached hydrogens (tertiary/aromatic N) is 1. The van der Waals surface area contributed by atoms with E-state index >= 15 is 0 Å². The van der Waals surface area contributed by atoms with Crippen molar-refractivity contribution in [3.8, 4) is 0 Å². The highest BCUT2D eigenvalue weighted by atomic mass is 16.2. The van der Waals surface area contributed by atoms with Crippen LogP contribution in [0.4, 0.5) is 11.4 Å². The largest absolute Gasteiger partial charge is 0.325 e. The molecule has 1 aliphatic carbocycles. The SMILES string of the molecule is Cc1ccc(C(=O)Nc2cccc(NC(=O)CN(C)C)c2)c2c1CCC2. The molecule has 2 amide bonds. The predicted molar refractivity (Wildman–Crippen MR) is 105 cm³/mol. The zero-order valence-electron chi connectivity index (χ0n) is 15.6. The molecule has 0 spiro atoms. The molecule has 0 fully saturated rings. The van der Waals surface area contributed by atoms with Crippen molar-refractivity contribution < 1.29 is 9.59 Å². The Balaban J connectivity index is 1.74. The Bertz CT molecular complexity index is 843. The van der Waals surface area contributed by atoms with Crippen molar-refractivity contribution >= 4 is 23.2 Å². The van der Waals surface area contributed by atoms with Gasteiger partial charge < -0.3 is 15.5 Å². The smallest absolute Gasteiger partial charge is 0.255 e. The zero-order chi connectivity index (χ0) is 18.7. The van der Waals surface area contributed by atoms with Crippen LogP contribution in [0.25, 0.3) is 0 Å². The number of aryl methyl sites for hydroxylation is 1. The van der Waals surface area contributed by atoms with Crippen LogP contribution in [0.5, 0.6) is 0 Å². The highest BCUT2D eigenvalue weighted by Gasteiger charge is 2.20. The van der Waals surface area contributed by atoms with Crippen LogP contribution >= 0.6 is 0 Å². The van der Waals surface area contributed by atoms with Crippen LogP contribution in [-0.4, -0.2) is 37.4 Å². The summed E-state index contributed by atoms with van der Waals surface area (Å²) in [5.41, 5.74) is 5.86. The van der Waals surface area contributed by atoms with E-state index in [-0.39, 0.29) is 11.8 Å². The fourth-order valence-corrected chi connectivity index (χ4v) is 3.46. The minimum absolute atomic E-state index is 0.0881. The van der Waals surface area contributed by atoms with E-state index in [2.05, 4.69) is 17.6 Å². The van der Waals surface area contributed by atoms with Crippen LogP contribution < -0.4 is 10.6 Å². The first kappa shape index (κ1) is 18.1. The quantitative estimate of drug-likeness (QED) is 0.869. The van der Waals surface area contributed by atoms with Crippen molar-refractivity contribution in [3.05, 3.63) is 58.7 Å². The Kier molecular flexibility index (Phi) is 5.38. The van der Waals surface area contributed by atoms with Gasteiger partial charge in [0.1, 0.15) is 0 Å². The van der Waals surface area contributed by atoms with E-state index in [4.69, 9.17) is 0 Å². The average Bonchev–Trinajstić information content (AvgIpc) is 3.05. The van der Waals surface area contributed by atoms with Crippen molar-refractivity contribution in [2.24, 2.45) is 0 Å². The minimum atomic E-state index is -0.0973. The van der Waals surface area contributed by atoms with Gasteiger partial charge in [-0.15, -0.1) is 0 Å². The first-order chi connectivity index (χ1) is 12.4. The number of anilines is 2. The van der Waals surface area contributed by atoms with Gasteiger partial charge in [0, 0.05) is 16.9 Å². The second kappa shape index (κ2) is 7.70. The minimum Gasteiger partial charge on any atom is -0.325 e. The number of likely N-dealkylation sites (N-methyl/N-ethyl adjacent to an activating group) is 1. The van der Waals surface area contributed by atoms with Crippen molar-refractivity contribution in [2.75, 3.05) is 31.3 Å². The summed E-state index contributed by atoms with van der Waals surface area (Å²) in [7, 11) is 3.69. The van der Waals surface area contributed by atoms with Gasteiger partial charge in [0.25, 0.3) is 5.91 Å². The first-order valence-corrected chi connectivity index (χ1v) is 8.91. The van der Waals surface area contributed by atoms with Gasteiger partial charge in [-0.3, -0.25) is 9.59 Å². The topological polar surface area (TPSA) is 61.4 Å². The van der Waals surface area contributed by atoms with Crippen LogP contribution in [0, 0.1) is 6.92 Å². The molecule has 0 heterocycles. The highest BCUT2D eigenvalue weighted by molar-refractivity contribution is 6.06. The third-order valence-corrected chi connectivity index (χ3v) is 4.63. The van der Waals surface area contributed by atoms with Gasteiger partial charge in [0.2, 0.25) is 5.91 Å². The van der Waals surface area contributed by atoms with Crippen molar-refractivity contribution in [1.82, 2.24) is 4.90 Å². The average molecular weight is 351 g/mol. The molecule has 0 bridgehead atoms. The number of hydrogen-bond acceptors (Lipinski definition) is 3. The van der Waals surface area contributed by atoms with Crippen LogP contribution in [-0.2, 0) is 17.6 Å². The molecule has 1 aliphatic rings. The molecular weight excluding hydrogens is 326 g/mol. The van der Waals surface area contributed by atoms with Gasteiger partial charge in [0.05, 0.1) is 6.54 Å². The maximum absolute atomic E-state index is 12.8. The van der Waals surface area contributed by atoms with Gasteiger partial charge in [-0.25, -0.2) is 0 Å². The molecule has 0 aliphatic heterocycles. The number of rotatable bonds is 5. The van der Waals surface area contributed by atoms with E-state index in [0.717, 1.165) is 24.8 Å². The number of amides is 2. The highest BCUT2D eigenvalue weighted by Crippen LogP contribution is 2.29. The lowest BCUT2D eigenvalue weighted by molar-refractivity contribution is -0.116. The van der Waals surface area contributed by atoms with Gasteiger partial charge in [-0.2, -0.15) is 0 Å². The molecule has 2 N–H and O–H groups in total. The summed E-state index contributed by atoms with van der Waals surface area (Å²) in [5.74, 6) is -0.185. The third-order valence-electron chi connectivity index (χ3n) is 4.63. The second-order valence-corrected chi connectivity index (χ2v) is 7.06. The van der Waals surface area contributed by atoms with E-state index in [1.165, 1.54) is 16.7 Å². The first-order valence-electron chi connectivity index (χ1n) is 8.91. The number of nitrogens with one attached hydrogen (secondary N) is 2. The second-order valence-electron chi connectivity index (χ2n) is 7.06. The molecule has 2 aromatic rings. The lowest BCUT2D eigenvalue weighted by atomic mass is 9.98. The molecule has 0 atom stereocenters. The van der Waals surface area contributed by atoms with Crippen molar-refractivity contribution in [3.63, 3.8) is 0 Å². The van der Waals surface area contributed by atoms with Crippen LogP contribution in [0.15, 0.2) is 36.4 Å². The molecule has 0 saturated heterocycles. The molecule has 0 saturated carbocycles. The predicted octanol–water partition coefficient (Wildman–Crippen LogP) is 3.24. The lowest BCUT2D eigenvalue weighted by Crippen LogP contribution is -2.27. The van der Waals surface area contributed by atoms with Crippen LogP contribution in [0.3, 0.4) is 0 Å². The lowest BCUT2D eigenvalue weighted by Gasteiger charge is -2.13. The van der Waals surface area contributed by atoms with Gasteiger partial charge in [-0.1, -0.05) is 12.1 Å². The number of hydrogen-bond donors (Lipinski definition) is 2. The number of carbonyl (C=O) groups is 2. The fourth-order valence-electron chi connectivity index (χ4n) is 3.46. The monoisotopic (exact) mass is 351 g/mol. The molecule has 26 heavy (non-hydrogen) atoms. The zero-order valence-corrected chi connectivity index (χ0v) is 15.6. The Labute approximate surface area is 154 Å². The third kappa shape index (κ3) is 4.11. The van der Waals surface area contributed by atoms with Crippen molar-refractivity contribution in [2.45, 2.75) is 26.2 Å². The summed E-state index contributed by atoms with van der Waals surface area (Å²) in [6.07, 6.45) is 3.12. The van der Waals surface area contributed by atoms with E-state index in [1.807, 2.05) is 44.4 Å². The van der Waals surface area contributed by atoms with E-state index in [0.29, 0.717) is 17.9 Å². The van der Waals surface area contributed by atoms with Crippen LogP contribution in [0.1, 0.15) is 33.5 Å². The Morgan fingerprint density at radius 2 is 1.69 bits per heavy atom. The summed E-state index contributed by atoms with van der Waals surface area (Å²) in [4.78, 5) is 26.5. The van der Waals surface area contributed by atoms with Gasteiger partial charge in [-0.05, 0) is 81.2 Å². The summed E-state index contributed by atoms with van der Waals surface area (Å²) in [6, 6.07) is 11.2. The summed E-state index contributed by atoms with van der Waals surface area (Å²) in [6.45, 7) is 2.41. The molecule has 2 aromatic carbocycles.